The Morgan fingerprint density at radius 3 is 2.56 bits per heavy atom. The highest BCUT2D eigenvalue weighted by Crippen LogP contribution is 2.15. The number of Topliss-reactive ketones (excluding diaryl/α,β-unsaturated/α-hetero) is 1. The molecule has 1 aliphatic heterocycles. The molecule has 0 unspecified atom stereocenters. The Labute approximate surface area is 116 Å². The Morgan fingerprint density at radius 1 is 1.44 bits per heavy atom. The first-order chi connectivity index (χ1) is 8.31. The zero-order valence-corrected chi connectivity index (χ0v) is 12.5. The van der Waals surface area contributed by atoms with Gasteiger partial charge in [-0.2, -0.15) is 0 Å². The maximum atomic E-state index is 11.7. The molecule has 0 spiro atoms. The third-order valence-corrected chi connectivity index (χ3v) is 2.82. The molecular formula is C13H18BrNO3. The topological polar surface area (TPSA) is 46.6 Å². The Hall–Kier alpha value is -1.10. The van der Waals surface area contributed by atoms with Gasteiger partial charge in [0.2, 0.25) is 0 Å². The van der Waals surface area contributed by atoms with E-state index in [1.165, 1.54) is 4.90 Å². The van der Waals surface area contributed by atoms with Gasteiger partial charge in [0.05, 0.1) is 5.33 Å². The van der Waals surface area contributed by atoms with Crippen LogP contribution in [-0.4, -0.2) is 34.3 Å². The summed E-state index contributed by atoms with van der Waals surface area (Å²) < 4.78 is 5.25. The molecule has 0 radical (unpaired) electrons. The van der Waals surface area contributed by atoms with Crippen LogP contribution in [0.1, 0.15) is 27.2 Å². The standard InChI is InChI=1S/C13H18BrNO3/c1-13(2,3)18-12(17)15-6-4-10(5-7-15)8-11(16)9-14/h4-6H,7-9H2,1-3H3. The summed E-state index contributed by atoms with van der Waals surface area (Å²) in [5, 5.41) is 0.355. The van der Waals surface area contributed by atoms with E-state index < -0.39 is 5.60 Å². The molecule has 1 heterocycles. The molecule has 0 aromatic heterocycles. The fraction of sp³-hybridized carbons (Fsp3) is 0.538. The molecule has 0 aliphatic carbocycles. The first-order valence-corrected chi connectivity index (χ1v) is 6.88. The van der Waals surface area contributed by atoms with E-state index in [2.05, 4.69) is 15.9 Å². The number of amides is 1. The molecule has 0 fully saturated rings. The van der Waals surface area contributed by atoms with Gasteiger partial charge in [-0.1, -0.05) is 22.0 Å². The van der Waals surface area contributed by atoms with Crippen LogP contribution in [-0.2, 0) is 9.53 Å². The number of hydrogen-bond acceptors (Lipinski definition) is 3. The van der Waals surface area contributed by atoms with Crippen LogP contribution in [0.15, 0.2) is 23.9 Å². The Morgan fingerprint density at radius 2 is 2.11 bits per heavy atom. The summed E-state index contributed by atoms with van der Waals surface area (Å²) in [5.74, 6) is 0.122. The van der Waals surface area contributed by atoms with E-state index in [4.69, 9.17) is 4.74 Å². The number of nitrogens with zero attached hydrogens (tertiary/aromatic N) is 1. The largest absolute Gasteiger partial charge is 0.443 e. The minimum atomic E-state index is -0.499. The molecule has 0 N–H and O–H groups in total. The Balaban J connectivity index is 2.51. The number of allylic oxidation sites excluding steroid dienone is 2. The van der Waals surface area contributed by atoms with E-state index in [-0.39, 0.29) is 11.9 Å². The number of ether oxygens (including phenoxy) is 1. The number of carbonyl (C=O) groups excluding carboxylic acids is 2. The highest BCUT2D eigenvalue weighted by atomic mass is 79.9. The Bertz CT molecular complexity index is 394. The lowest BCUT2D eigenvalue weighted by atomic mass is 10.1. The fourth-order valence-corrected chi connectivity index (χ4v) is 1.59. The van der Waals surface area contributed by atoms with E-state index >= 15 is 0 Å². The summed E-state index contributed by atoms with van der Waals surface area (Å²) in [7, 11) is 0. The summed E-state index contributed by atoms with van der Waals surface area (Å²) >= 11 is 3.12. The zero-order chi connectivity index (χ0) is 13.8. The lowest BCUT2D eigenvalue weighted by Gasteiger charge is -2.26. The minimum Gasteiger partial charge on any atom is -0.443 e. The van der Waals surface area contributed by atoms with E-state index in [1.807, 2.05) is 26.8 Å². The van der Waals surface area contributed by atoms with Crippen molar-refractivity contribution in [3.05, 3.63) is 23.9 Å². The predicted octanol–water partition coefficient (Wildman–Crippen LogP) is 3.03. The maximum absolute atomic E-state index is 11.7. The van der Waals surface area contributed by atoms with Gasteiger partial charge in [-0.3, -0.25) is 9.69 Å². The summed E-state index contributed by atoms with van der Waals surface area (Å²) in [5.41, 5.74) is 0.431. The van der Waals surface area contributed by atoms with Crippen LogP contribution in [0.4, 0.5) is 4.79 Å². The maximum Gasteiger partial charge on any atom is 0.414 e. The molecule has 0 bridgehead atoms. The van der Waals surface area contributed by atoms with Crippen molar-refractivity contribution in [1.82, 2.24) is 4.90 Å². The quantitative estimate of drug-likeness (QED) is 0.752. The molecule has 5 heteroatoms. The highest BCUT2D eigenvalue weighted by Gasteiger charge is 2.21. The van der Waals surface area contributed by atoms with Gasteiger partial charge in [0.25, 0.3) is 0 Å². The fourth-order valence-electron chi connectivity index (χ4n) is 1.39. The summed E-state index contributed by atoms with van der Waals surface area (Å²) in [4.78, 5) is 24.5. The van der Waals surface area contributed by atoms with Gasteiger partial charge < -0.3 is 4.74 Å². The van der Waals surface area contributed by atoms with Crippen LogP contribution in [0.5, 0.6) is 0 Å². The van der Waals surface area contributed by atoms with Crippen molar-refractivity contribution >= 4 is 27.8 Å². The van der Waals surface area contributed by atoms with E-state index in [1.54, 1.807) is 12.3 Å². The molecule has 1 amide bonds. The molecule has 0 saturated heterocycles. The second kappa shape index (κ2) is 6.18. The average Bonchev–Trinajstić information content (AvgIpc) is 2.27. The van der Waals surface area contributed by atoms with E-state index in [0.717, 1.165) is 5.57 Å². The van der Waals surface area contributed by atoms with Gasteiger partial charge in [0, 0.05) is 19.2 Å². The lowest BCUT2D eigenvalue weighted by Crippen LogP contribution is -2.34. The van der Waals surface area contributed by atoms with Crippen LogP contribution in [0, 0.1) is 0 Å². The third kappa shape index (κ3) is 5.04. The molecule has 100 valence electrons. The van der Waals surface area contributed by atoms with Crippen molar-refractivity contribution in [2.75, 3.05) is 11.9 Å². The molecule has 1 rings (SSSR count). The highest BCUT2D eigenvalue weighted by molar-refractivity contribution is 9.09. The predicted molar refractivity (Wildman–Crippen MR) is 73.6 cm³/mol. The minimum absolute atomic E-state index is 0.122. The molecule has 0 saturated carbocycles. The van der Waals surface area contributed by atoms with Crippen LogP contribution >= 0.6 is 15.9 Å². The van der Waals surface area contributed by atoms with Crippen molar-refractivity contribution < 1.29 is 14.3 Å². The summed E-state index contributed by atoms with van der Waals surface area (Å²) in [6.07, 6.45) is 5.31. The number of ketones is 1. The number of hydrogen-bond donors (Lipinski definition) is 0. The van der Waals surface area contributed by atoms with Crippen LogP contribution in [0.2, 0.25) is 0 Å². The number of alkyl halides is 1. The summed E-state index contributed by atoms with van der Waals surface area (Å²) in [6, 6.07) is 0. The van der Waals surface area contributed by atoms with Crippen LogP contribution in [0.25, 0.3) is 0 Å². The van der Waals surface area contributed by atoms with Crippen molar-refractivity contribution in [3.63, 3.8) is 0 Å². The normalized spacial score (nSPS) is 15.3. The van der Waals surface area contributed by atoms with Crippen molar-refractivity contribution in [3.8, 4) is 0 Å². The molecular weight excluding hydrogens is 298 g/mol. The van der Waals surface area contributed by atoms with Crippen LogP contribution < -0.4 is 0 Å². The number of rotatable bonds is 3. The molecule has 0 atom stereocenters. The lowest BCUT2D eigenvalue weighted by molar-refractivity contribution is -0.115. The molecule has 18 heavy (non-hydrogen) atoms. The Kier molecular flexibility index (Phi) is 5.14. The average molecular weight is 316 g/mol. The van der Waals surface area contributed by atoms with Crippen LogP contribution in [0.3, 0.4) is 0 Å². The van der Waals surface area contributed by atoms with Gasteiger partial charge in [0.15, 0.2) is 0 Å². The van der Waals surface area contributed by atoms with Gasteiger partial charge >= 0.3 is 6.09 Å². The monoisotopic (exact) mass is 315 g/mol. The SMILES string of the molecule is CC(C)(C)OC(=O)N1C=CC(CC(=O)CBr)=CC1. The zero-order valence-electron chi connectivity index (χ0n) is 10.9. The van der Waals surface area contributed by atoms with Gasteiger partial charge in [-0.05, 0) is 32.4 Å². The molecule has 0 aromatic carbocycles. The number of carbonyl (C=O) groups is 2. The molecule has 4 nitrogen and oxygen atoms in total. The van der Waals surface area contributed by atoms with Gasteiger partial charge in [-0.25, -0.2) is 4.79 Å². The smallest absolute Gasteiger partial charge is 0.414 e. The first-order valence-electron chi connectivity index (χ1n) is 5.76. The number of halogens is 1. The first kappa shape index (κ1) is 15.0. The van der Waals surface area contributed by atoms with Crippen molar-refractivity contribution in [2.24, 2.45) is 0 Å². The molecule has 0 aromatic rings. The summed E-state index contributed by atoms with van der Waals surface area (Å²) in [6.45, 7) is 5.92. The van der Waals surface area contributed by atoms with E-state index in [0.29, 0.717) is 18.3 Å². The second-order valence-corrected chi connectivity index (χ2v) is 5.64. The second-order valence-electron chi connectivity index (χ2n) is 5.08. The van der Waals surface area contributed by atoms with Gasteiger partial charge in [-0.15, -0.1) is 0 Å². The van der Waals surface area contributed by atoms with Crippen molar-refractivity contribution in [2.45, 2.75) is 32.8 Å². The van der Waals surface area contributed by atoms with E-state index in [9.17, 15) is 9.59 Å². The van der Waals surface area contributed by atoms with Gasteiger partial charge in [0.1, 0.15) is 11.4 Å². The van der Waals surface area contributed by atoms with Crippen molar-refractivity contribution in [1.29, 1.82) is 0 Å². The molecule has 1 aliphatic rings. The third-order valence-electron chi connectivity index (χ3n) is 2.20.